The average molecular weight is 255 g/mol. The van der Waals surface area contributed by atoms with E-state index in [0.717, 1.165) is 26.2 Å². The fraction of sp³-hybridized carbons (Fsp3) is 0.846. The fourth-order valence-corrected chi connectivity index (χ4v) is 2.09. The standard InChI is InChI=1S/C13H25N3O2/c1-4-12(17)15-11(9-10(2)3)13(18)16-7-5-14-6-8-16/h10-11,14H,4-9H2,1-3H3,(H,15,17). The summed E-state index contributed by atoms with van der Waals surface area (Å²) in [7, 11) is 0. The molecule has 0 spiro atoms. The largest absolute Gasteiger partial charge is 0.344 e. The topological polar surface area (TPSA) is 61.4 Å². The number of amides is 2. The lowest BCUT2D eigenvalue weighted by Gasteiger charge is -2.31. The molecule has 0 aromatic carbocycles. The van der Waals surface area contributed by atoms with Crippen LogP contribution in [0.2, 0.25) is 0 Å². The molecular formula is C13H25N3O2. The van der Waals surface area contributed by atoms with Crippen LogP contribution in [0.1, 0.15) is 33.6 Å². The van der Waals surface area contributed by atoms with Crippen molar-refractivity contribution in [2.45, 2.75) is 39.7 Å². The van der Waals surface area contributed by atoms with E-state index in [1.54, 1.807) is 6.92 Å². The minimum Gasteiger partial charge on any atom is -0.344 e. The normalized spacial score (nSPS) is 17.7. The van der Waals surface area contributed by atoms with Crippen LogP contribution in [-0.4, -0.2) is 48.9 Å². The molecule has 1 aliphatic rings. The lowest BCUT2D eigenvalue weighted by molar-refractivity contribution is -0.137. The molecule has 1 rings (SSSR count). The van der Waals surface area contributed by atoms with Gasteiger partial charge in [-0.25, -0.2) is 0 Å². The molecular weight excluding hydrogens is 230 g/mol. The van der Waals surface area contributed by atoms with Crippen LogP contribution in [-0.2, 0) is 9.59 Å². The van der Waals surface area contributed by atoms with Gasteiger partial charge in [0.1, 0.15) is 6.04 Å². The third-order valence-electron chi connectivity index (χ3n) is 3.09. The van der Waals surface area contributed by atoms with Crippen molar-refractivity contribution in [1.82, 2.24) is 15.5 Å². The number of hydrogen-bond donors (Lipinski definition) is 2. The lowest BCUT2D eigenvalue weighted by atomic mass is 10.0. The molecule has 0 bridgehead atoms. The summed E-state index contributed by atoms with van der Waals surface area (Å²) in [4.78, 5) is 25.7. The second kappa shape index (κ2) is 7.36. The van der Waals surface area contributed by atoms with Gasteiger partial charge in [-0.1, -0.05) is 20.8 Å². The molecule has 0 aromatic heterocycles. The molecule has 1 heterocycles. The highest BCUT2D eigenvalue weighted by molar-refractivity contribution is 5.87. The molecule has 1 fully saturated rings. The van der Waals surface area contributed by atoms with E-state index in [4.69, 9.17) is 0 Å². The van der Waals surface area contributed by atoms with Crippen molar-refractivity contribution in [2.75, 3.05) is 26.2 Å². The van der Waals surface area contributed by atoms with Crippen molar-refractivity contribution in [3.05, 3.63) is 0 Å². The van der Waals surface area contributed by atoms with E-state index >= 15 is 0 Å². The number of piperazine rings is 1. The summed E-state index contributed by atoms with van der Waals surface area (Å²) in [6.07, 6.45) is 1.12. The smallest absolute Gasteiger partial charge is 0.245 e. The number of nitrogens with zero attached hydrogens (tertiary/aromatic N) is 1. The fourth-order valence-electron chi connectivity index (χ4n) is 2.09. The van der Waals surface area contributed by atoms with Crippen molar-refractivity contribution in [1.29, 1.82) is 0 Å². The predicted octanol–water partition coefficient (Wildman–Crippen LogP) is 0.359. The monoisotopic (exact) mass is 255 g/mol. The molecule has 0 radical (unpaired) electrons. The molecule has 1 aliphatic heterocycles. The van der Waals surface area contributed by atoms with Gasteiger partial charge in [0.2, 0.25) is 11.8 Å². The van der Waals surface area contributed by atoms with Crippen LogP contribution >= 0.6 is 0 Å². The van der Waals surface area contributed by atoms with Gasteiger partial charge in [0.25, 0.3) is 0 Å². The van der Waals surface area contributed by atoms with Gasteiger partial charge in [0.05, 0.1) is 0 Å². The Hall–Kier alpha value is -1.10. The van der Waals surface area contributed by atoms with Gasteiger partial charge >= 0.3 is 0 Å². The molecule has 0 aliphatic carbocycles. The second-order valence-electron chi connectivity index (χ2n) is 5.18. The van der Waals surface area contributed by atoms with Crippen molar-refractivity contribution in [3.63, 3.8) is 0 Å². The maximum atomic E-state index is 12.4. The van der Waals surface area contributed by atoms with Crippen LogP contribution < -0.4 is 10.6 Å². The molecule has 18 heavy (non-hydrogen) atoms. The Balaban J connectivity index is 2.61. The number of rotatable bonds is 5. The molecule has 1 atom stereocenters. The van der Waals surface area contributed by atoms with Crippen molar-refractivity contribution >= 4 is 11.8 Å². The summed E-state index contributed by atoms with van der Waals surface area (Å²) in [6, 6.07) is -0.365. The number of carbonyl (C=O) groups excluding carboxylic acids is 2. The highest BCUT2D eigenvalue weighted by Gasteiger charge is 2.26. The van der Waals surface area contributed by atoms with Gasteiger partial charge in [0, 0.05) is 32.6 Å². The van der Waals surface area contributed by atoms with Gasteiger partial charge < -0.3 is 15.5 Å². The highest BCUT2D eigenvalue weighted by Crippen LogP contribution is 2.09. The van der Waals surface area contributed by atoms with E-state index < -0.39 is 0 Å². The minimum absolute atomic E-state index is 0.0517. The predicted molar refractivity (Wildman–Crippen MR) is 71.1 cm³/mol. The summed E-state index contributed by atoms with van der Waals surface area (Å²) in [5.74, 6) is 0.398. The SMILES string of the molecule is CCC(=O)NC(CC(C)C)C(=O)N1CCNCC1. The Kier molecular flexibility index (Phi) is 6.12. The van der Waals surface area contributed by atoms with E-state index in [-0.39, 0.29) is 17.9 Å². The van der Waals surface area contributed by atoms with E-state index in [9.17, 15) is 9.59 Å². The maximum Gasteiger partial charge on any atom is 0.245 e. The zero-order valence-corrected chi connectivity index (χ0v) is 11.7. The van der Waals surface area contributed by atoms with Crippen LogP contribution in [0.25, 0.3) is 0 Å². The molecule has 2 N–H and O–H groups in total. The number of carbonyl (C=O) groups is 2. The first-order valence-corrected chi connectivity index (χ1v) is 6.83. The van der Waals surface area contributed by atoms with Crippen LogP contribution in [0.4, 0.5) is 0 Å². The molecule has 2 amide bonds. The Morgan fingerprint density at radius 3 is 2.39 bits per heavy atom. The van der Waals surface area contributed by atoms with Gasteiger partial charge in [-0.3, -0.25) is 9.59 Å². The molecule has 5 heteroatoms. The molecule has 5 nitrogen and oxygen atoms in total. The Morgan fingerprint density at radius 2 is 1.89 bits per heavy atom. The van der Waals surface area contributed by atoms with Crippen molar-refractivity contribution in [3.8, 4) is 0 Å². The van der Waals surface area contributed by atoms with Gasteiger partial charge in [-0.05, 0) is 12.3 Å². The first kappa shape index (κ1) is 15.0. The average Bonchev–Trinajstić information content (AvgIpc) is 2.37. The first-order chi connectivity index (χ1) is 8.54. The number of nitrogens with one attached hydrogen (secondary N) is 2. The van der Waals surface area contributed by atoms with E-state index in [0.29, 0.717) is 18.8 Å². The van der Waals surface area contributed by atoms with Crippen LogP contribution in [0, 0.1) is 5.92 Å². The van der Waals surface area contributed by atoms with Crippen LogP contribution in [0.5, 0.6) is 0 Å². The molecule has 0 aromatic rings. The van der Waals surface area contributed by atoms with E-state index in [1.807, 2.05) is 4.90 Å². The van der Waals surface area contributed by atoms with Crippen molar-refractivity contribution in [2.24, 2.45) is 5.92 Å². The van der Waals surface area contributed by atoms with Gasteiger partial charge in [-0.2, -0.15) is 0 Å². The molecule has 1 unspecified atom stereocenters. The summed E-state index contributed by atoms with van der Waals surface area (Å²) >= 11 is 0. The van der Waals surface area contributed by atoms with E-state index in [2.05, 4.69) is 24.5 Å². The quantitative estimate of drug-likeness (QED) is 0.745. The zero-order chi connectivity index (χ0) is 13.5. The van der Waals surface area contributed by atoms with Crippen molar-refractivity contribution < 1.29 is 9.59 Å². The van der Waals surface area contributed by atoms with E-state index in [1.165, 1.54) is 0 Å². The zero-order valence-electron chi connectivity index (χ0n) is 11.7. The van der Waals surface area contributed by atoms with Gasteiger partial charge in [0.15, 0.2) is 0 Å². The minimum atomic E-state index is -0.365. The Bertz CT molecular complexity index is 286. The molecule has 0 saturated carbocycles. The summed E-state index contributed by atoms with van der Waals surface area (Å²) in [5.41, 5.74) is 0. The third kappa shape index (κ3) is 4.64. The Morgan fingerprint density at radius 1 is 1.28 bits per heavy atom. The summed E-state index contributed by atoms with van der Waals surface area (Å²) in [6.45, 7) is 9.07. The Labute approximate surface area is 109 Å². The highest BCUT2D eigenvalue weighted by atomic mass is 16.2. The van der Waals surface area contributed by atoms with Crippen LogP contribution in [0.3, 0.4) is 0 Å². The first-order valence-electron chi connectivity index (χ1n) is 6.83. The third-order valence-corrected chi connectivity index (χ3v) is 3.09. The lowest BCUT2D eigenvalue weighted by Crippen LogP contribution is -2.54. The van der Waals surface area contributed by atoms with Gasteiger partial charge in [-0.15, -0.1) is 0 Å². The molecule has 1 saturated heterocycles. The maximum absolute atomic E-state index is 12.4. The second-order valence-corrected chi connectivity index (χ2v) is 5.18. The summed E-state index contributed by atoms with van der Waals surface area (Å²) < 4.78 is 0. The number of hydrogen-bond acceptors (Lipinski definition) is 3. The van der Waals surface area contributed by atoms with Crippen LogP contribution in [0.15, 0.2) is 0 Å². The summed E-state index contributed by atoms with van der Waals surface area (Å²) in [5, 5.41) is 6.06. The molecule has 104 valence electrons.